The molecular formula is C13H28OSi. The number of hydrogen-bond donors (Lipinski definition) is 0. The van der Waals surface area contributed by atoms with E-state index in [2.05, 4.69) is 13.8 Å². The molecule has 1 aliphatic heterocycles. The highest BCUT2D eigenvalue weighted by Gasteiger charge is 2.36. The lowest BCUT2D eigenvalue weighted by Crippen LogP contribution is -2.33. The Morgan fingerprint density at radius 1 is 0.933 bits per heavy atom. The summed E-state index contributed by atoms with van der Waals surface area (Å²) in [6.45, 7) is 5.67. The first kappa shape index (κ1) is 13.2. The van der Waals surface area contributed by atoms with Gasteiger partial charge in [-0.1, -0.05) is 52.4 Å². The molecule has 0 amide bonds. The molecule has 90 valence electrons. The first-order chi connectivity index (χ1) is 7.33. The van der Waals surface area contributed by atoms with E-state index in [1.807, 2.05) is 0 Å². The van der Waals surface area contributed by atoms with Crippen molar-refractivity contribution in [3.8, 4) is 0 Å². The van der Waals surface area contributed by atoms with Gasteiger partial charge in [0.2, 0.25) is 0 Å². The fourth-order valence-electron chi connectivity index (χ4n) is 2.61. The van der Waals surface area contributed by atoms with Crippen LogP contribution in [0.1, 0.15) is 58.8 Å². The third kappa shape index (κ3) is 4.69. The van der Waals surface area contributed by atoms with Crippen molar-refractivity contribution >= 4 is 8.32 Å². The molecule has 2 heteroatoms. The zero-order valence-corrected chi connectivity index (χ0v) is 11.7. The summed E-state index contributed by atoms with van der Waals surface area (Å²) < 4.78 is 6.26. The van der Waals surface area contributed by atoms with Crippen LogP contribution in [-0.2, 0) is 4.43 Å². The number of unbranched alkanes of at least 4 members (excludes halogenated alkanes) is 4. The Bertz CT molecular complexity index is 153. The Hall–Kier alpha value is 0.177. The standard InChI is InChI=1S/C13H28OSi/c1-3-5-6-7-8-11-14-15(4-2)12-9-10-13-15/h3-13H2,1-2H3. The van der Waals surface area contributed by atoms with Crippen LogP contribution in [0, 0.1) is 0 Å². The SMILES string of the molecule is CCCCCCCO[Si]1(CC)CCCC1. The Morgan fingerprint density at radius 3 is 2.20 bits per heavy atom. The lowest BCUT2D eigenvalue weighted by Gasteiger charge is -2.25. The third-order valence-corrected chi connectivity index (χ3v) is 8.45. The van der Waals surface area contributed by atoms with Gasteiger partial charge in [0, 0.05) is 6.61 Å². The van der Waals surface area contributed by atoms with Gasteiger partial charge >= 0.3 is 0 Å². The second kappa shape index (κ2) is 7.45. The first-order valence-corrected chi connectivity index (χ1v) is 9.50. The average Bonchev–Trinajstić information content (AvgIpc) is 2.73. The fourth-order valence-corrected chi connectivity index (χ4v) is 6.43. The van der Waals surface area contributed by atoms with E-state index < -0.39 is 8.32 Å². The normalized spacial score (nSPS) is 19.6. The summed E-state index contributed by atoms with van der Waals surface area (Å²) in [6.07, 6.45) is 9.70. The van der Waals surface area contributed by atoms with Gasteiger partial charge in [0.1, 0.15) is 0 Å². The van der Waals surface area contributed by atoms with Gasteiger partial charge in [-0.2, -0.15) is 0 Å². The maximum Gasteiger partial charge on any atom is 0.192 e. The van der Waals surface area contributed by atoms with E-state index in [0.29, 0.717) is 0 Å². The quantitative estimate of drug-likeness (QED) is 0.431. The summed E-state index contributed by atoms with van der Waals surface area (Å²) in [5, 5.41) is 0. The van der Waals surface area contributed by atoms with E-state index >= 15 is 0 Å². The Morgan fingerprint density at radius 2 is 1.60 bits per heavy atom. The van der Waals surface area contributed by atoms with Crippen molar-refractivity contribution in [2.24, 2.45) is 0 Å². The summed E-state index contributed by atoms with van der Waals surface area (Å²) >= 11 is 0. The zero-order chi connectivity index (χ0) is 11.0. The molecule has 1 heterocycles. The highest BCUT2D eigenvalue weighted by Crippen LogP contribution is 2.34. The summed E-state index contributed by atoms with van der Waals surface area (Å²) in [6, 6.07) is 4.23. The van der Waals surface area contributed by atoms with Gasteiger partial charge < -0.3 is 4.43 Å². The monoisotopic (exact) mass is 228 g/mol. The molecule has 0 bridgehead atoms. The molecule has 1 rings (SSSR count). The summed E-state index contributed by atoms with van der Waals surface area (Å²) in [7, 11) is -1.17. The average molecular weight is 228 g/mol. The minimum atomic E-state index is -1.17. The van der Waals surface area contributed by atoms with Crippen molar-refractivity contribution in [1.82, 2.24) is 0 Å². The maximum atomic E-state index is 6.26. The van der Waals surface area contributed by atoms with Crippen LogP contribution in [0.25, 0.3) is 0 Å². The molecule has 0 unspecified atom stereocenters. The van der Waals surface area contributed by atoms with E-state index in [1.165, 1.54) is 63.1 Å². The number of rotatable bonds is 8. The van der Waals surface area contributed by atoms with Gasteiger partial charge in [-0.05, 0) is 24.6 Å². The second-order valence-corrected chi connectivity index (χ2v) is 9.37. The van der Waals surface area contributed by atoms with Gasteiger partial charge in [0.05, 0.1) is 0 Å². The predicted octanol–water partition coefficient (Wildman–Crippen LogP) is 4.73. The van der Waals surface area contributed by atoms with Crippen LogP contribution in [0.3, 0.4) is 0 Å². The summed E-state index contributed by atoms with van der Waals surface area (Å²) in [5.74, 6) is 0. The fraction of sp³-hybridized carbons (Fsp3) is 1.00. The molecule has 1 fully saturated rings. The summed E-state index contributed by atoms with van der Waals surface area (Å²) in [4.78, 5) is 0. The first-order valence-electron chi connectivity index (χ1n) is 6.97. The molecule has 0 spiro atoms. The smallest absolute Gasteiger partial charge is 0.192 e. The molecule has 1 saturated heterocycles. The molecule has 0 aliphatic carbocycles. The van der Waals surface area contributed by atoms with Crippen LogP contribution < -0.4 is 0 Å². The van der Waals surface area contributed by atoms with E-state index in [4.69, 9.17) is 4.43 Å². The molecule has 0 aromatic carbocycles. The van der Waals surface area contributed by atoms with Crippen LogP contribution in [0.4, 0.5) is 0 Å². The minimum Gasteiger partial charge on any atom is -0.417 e. The molecule has 0 aromatic rings. The van der Waals surface area contributed by atoms with Crippen LogP contribution in [0.2, 0.25) is 18.1 Å². The lowest BCUT2D eigenvalue weighted by atomic mass is 10.2. The van der Waals surface area contributed by atoms with Crippen molar-refractivity contribution in [3.05, 3.63) is 0 Å². The molecule has 0 radical (unpaired) electrons. The Kier molecular flexibility index (Phi) is 6.58. The topological polar surface area (TPSA) is 9.23 Å². The highest BCUT2D eigenvalue weighted by atomic mass is 28.4. The van der Waals surface area contributed by atoms with Gasteiger partial charge in [-0.15, -0.1) is 0 Å². The van der Waals surface area contributed by atoms with E-state index in [0.717, 1.165) is 6.61 Å². The Balaban J connectivity index is 2.02. The largest absolute Gasteiger partial charge is 0.417 e. The van der Waals surface area contributed by atoms with Gasteiger partial charge in [0.25, 0.3) is 0 Å². The second-order valence-electron chi connectivity index (χ2n) is 5.01. The highest BCUT2D eigenvalue weighted by molar-refractivity contribution is 6.74. The van der Waals surface area contributed by atoms with E-state index in [1.54, 1.807) is 0 Å². The molecule has 15 heavy (non-hydrogen) atoms. The van der Waals surface area contributed by atoms with Gasteiger partial charge in [-0.3, -0.25) is 0 Å². The van der Waals surface area contributed by atoms with Crippen LogP contribution in [0.5, 0.6) is 0 Å². The summed E-state index contributed by atoms with van der Waals surface area (Å²) in [5.41, 5.74) is 0. The molecule has 1 nitrogen and oxygen atoms in total. The van der Waals surface area contributed by atoms with Crippen molar-refractivity contribution in [2.45, 2.75) is 76.9 Å². The van der Waals surface area contributed by atoms with Crippen molar-refractivity contribution in [3.63, 3.8) is 0 Å². The maximum absolute atomic E-state index is 6.26. The van der Waals surface area contributed by atoms with E-state index in [9.17, 15) is 0 Å². The van der Waals surface area contributed by atoms with Crippen LogP contribution in [-0.4, -0.2) is 14.9 Å². The predicted molar refractivity (Wildman–Crippen MR) is 69.8 cm³/mol. The van der Waals surface area contributed by atoms with Gasteiger partial charge in [-0.25, -0.2) is 0 Å². The van der Waals surface area contributed by atoms with Crippen LogP contribution >= 0.6 is 0 Å². The molecular weight excluding hydrogens is 200 g/mol. The molecule has 0 atom stereocenters. The molecule has 0 N–H and O–H groups in total. The molecule has 0 aromatic heterocycles. The molecule has 1 aliphatic rings. The lowest BCUT2D eigenvalue weighted by molar-refractivity contribution is 0.290. The third-order valence-electron chi connectivity index (χ3n) is 3.82. The number of hydrogen-bond acceptors (Lipinski definition) is 1. The molecule has 0 saturated carbocycles. The van der Waals surface area contributed by atoms with Crippen molar-refractivity contribution in [1.29, 1.82) is 0 Å². The van der Waals surface area contributed by atoms with Crippen molar-refractivity contribution < 1.29 is 4.43 Å². The van der Waals surface area contributed by atoms with E-state index in [-0.39, 0.29) is 0 Å². The zero-order valence-electron chi connectivity index (χ0n) is 10.7. The Labute approximate surface area is 96.7 Å². The minimum absolute atomic E-state index is 1.06. The van der Waals surface area contributed by atoms with Crippen LogP contribution in [0.15, 0.2) is 0 Å². The van der Waals surface area contributed by atoms with Gasteiger partial charge in [0.15, 0.2) is 8.32 Å². The van der Waals surface area contributed by atoms with Crippen molar-refractivity contribution in [2.75, 3.05) is 6.61 Å².